The van der Waals surface area contributed by atoms with E-state index in [4.69, 9.17) is 15.2 Å². The molecule has 0 radical (unpaired) electrons. The molecule has 11 heteroatoms. The van der Waals surface area contributed by atoms with Crippen LogP contribution in [0.25, 0.3) is 10.3 Å². The van der Waals surface area contributed by atoms with Gasteiger partial charge in [0.25, 0.3) is 0 Å². The third-order valence-electron chi connectivity index (χ3n) is 5.09. The number of nitrogens with zero attached hydrogens (tertiary/aromatic N) is 3. The topological polar surface area (TPSA) is 153 Å². The summed E-state index contributed by atoms with van der Waals surface area (Å²) in [5.41, 5.74) is 5.80. The lowest BCUT2D eigenvalue weighted by Gasteiger charge is -2.30. The van der Waals surface area contributed by atoms with E-state index in [1.807, 2.05) is 0 Å². The summed E-state index contributed by atoms with van der Waals surface area (Å²) in [6.45, 7) is 1.75. The molecule has 162 valence electrons. The maximum absolute atomic E-state index is 12.5. The van der Waals surface area contributed by atoms with E-state index >= 15 is 0 Å². The van der Waals surface area contributed by atoms with Crippen molar-refractivity contribution in [2.24, 2.45) is 0 Å². The number of fused-ring (bicyclic) bond motifs is 1. The van der Waals surface area contributed by atoms with Gasteiger partial charge in [0.2, 0.25) is 11.7 Å². The van der Waals surface area contributed by atoms with E-state index < -0.39 is 35.7 Å². The fraction of sp³-hybridized carbons (Fsp3) is 0.722. The van der Waals surface area contributed by atoms with E-state index in [9.17, 15) is 20.1 Å². The molecule has 0 unspecified atom stereocenters. The number of nitrogens with two attached hydrogens (primary N) is 1. The van der Waals surface area contributed by atoms with Gasteiger partial charge in [-0.2, -0.15) is 4.98 Å². The van der Waals surface area contributed by atoms with Crippen LogP contribution in [0.5, 0.6) is 0 Å². The summed E-state index contributed by atoms with van der Waals surface area (Å²) in [7, 11) is 0. The van der Waals surface area contributed by atoms with E-state index in [-0.39, 0.29) is 18.2 Å². The molecule has 0 saturated carbocycles. The summed E-state index contributed by atoms with van der Waals surface area (Å²) < 4.78 is 12.8. The van der Waals surface area contributed by atoms with Crippen LogP contribution in [0.15, 0.2) is 11.0 Å². The van der Waals surface area contributed by atoms with Gasteiger partial charge in [0.15, 0.2) is 18.0 Å². The molecule has 5 N–H and O–H groups in total. The third kappa shape index (κ3) is 4.44. The van der Waals surface area contributed by atoms with Crippen LogP contribution in [0, 0.1) is 0 Å². The van der Waals surface area contributed by atoms with Crippen molar-refractivity contribution in [3.63, 3.8) is 0 Å². The summed E-state index contributed by atoms with van der Waals surface area (Å²) in [5.74, 6) is -2.18. The number of hydrogen-bond acceptors (Lipinski definition) is 10. The van der Waals surface area contributed by atoms with Gasteiger partial charge in [-0.3, -0.25) is 9.36 Å². The first-order chi connectivity index (χ1) is 13.9. The van der Waals surface area contributed by atoms with Gasteiger partial charge in [-0.1, -0.05) is 50.4 Å². The first-order valence-electron chi connectivity index (χ1n) is 9.86. The number of rotatable bonds is 10. The highest BCUT2D eigenvalue weighted by Gasteiger charge is 2.57. The van der Waals surface area contributed by atoms with Crippen molar-refractivity contribution in [3.05, 3.63) is 15.9 Å². The molecule has 3 heterocycles. The van der Waals surface area contributed by atoms with Crippen LogP contribution < -0.4 is 10.6 Å². The van der Waals surface area contributed by atoms with Crippen molar-refractivity contribution in [1.82, 2.24) is 14.5 Å². The molecule has 1 fully saturated rings. The Balaban J connectivity index is 1.74. The minimum Gasteiger partial charge on any atom is -0.393 e. The molecule has 2 aromatic heterocycles. The Morgan fingerprint density at radius 3 is 2.79 bits per heavy atom. The molecule has 0 aromatic carbocycles. The molecular weight excluding hydrogens is 400 g/mol. The lowest BCUT2D eigenvalue weighted by molar-refractivity contribution is -0.266. The van der Waals surface area contributed by atoms with Gasteiger partial charge in [0, 0.05) is 0 Å². The van der Waals surface area contributed by atoms with Crippen LogP contribution in [0.2, 0.25) is 0 Å². The van der Waals surface area contributed by atoms with Gasteiger partial charge < -0.3 is 30.5 Å². The van der Waals surface area contributed by atoms with Gasteiger partial charge >= 0.3 is 4.87 Å². The summed E-state index contributed by atoms with van der Waals surface area (Å²) >= 11 is 0.867. The van der Waals surface area contributed by atoms with Crippen molar-refractivity contribution >= 4 is 27.6 Å². The standard InChI is InChI=1S/C18H28N4O6S/c1-2-3-4-5-6-7-8-27-18(26)12(10-23)28-15(13(18)24)22-14-11(29-17(22)25)9-20-16(19)21-14/h9,12-13,15,23-24,26H,2-8,10H2,1H3,(H2,19,20,21)/t12-,13+,15-,18-/m1/s1. The Labute approximate surface area is 171 Å². The number of anilines is 1. The van der Waals surface area contributed by atoms with Crippen LogP contribution in [-0.4, -0.2) is 61.1 Å². The number of hydrogen-bond donors (Lipinski definition) is 4. The summed E-state index contributed by atoms with van der Waals surface area (Å²) in [5, 5.41) is 31.3. The zero-order chi connectivity index (χ0) is 21.0. The first kappa shape index (κ1) is 22.1. The average molecular weight is 429 g/mol. The molecule has 3 rings (SSSR count). The Hall–Kier alpha value is -1.63. The average Bonchev–Trinajstić information content (AvgIpc) is 3.14. The SMILES string of the molecule is CCCCCCCCO[C@]1(O)[C@@H](CO)O[C@@H](n2c(=O)sc3cnc(N)nc32)[C@@H]1O. The number of thiazole rings is 1. The molecule has 4 atom stereocenters. The van der Waals surface area contributed by atoms with Crippen LogP contribution in [0.1, 0.15) is 51.7 Å². The molecule has 29 heavy (non-hydrogen) atoms. The second-order valence-electron chi connectivity index (χ2n) is 7.16. The van der Waals surface area contributed by atoms with E-state index in [0.29, 0.717) is 11.1 Å². The molecule has 1 aliphatic heterocycles. The second kappa shape index (κ2) is 9.45. The Morgan fingerprint density at radius 1 is 1.34 bits per heavy atom. The lowest BCUT2D eigenvalue weighted by Crippen LogP contribution is -2.51. The van der Waals surface area contributed by atoms with Crippen LogP contribution >= 0.6 is 11.3 Å². The Morgan fingerprint density at radius 2 is 2.07 bits per heavy atom. The summed E-state index contributed by atoms with van der Waals surface area (Å²) in [6.07, 6.45) is 3.50. The quantitative estimate of drug-likeness (QED) is 0.317. The highest BCUT2D eigenvalue weighted by molar-refractivity contribution is 7.16. The van der Waals surface area contributed by atoms with Crippen LogP contribution in [0.3, 0.4) is 0 Å². The lowest BCUT2D eigenvalue weighted by atomic mass is 10.1. The monoisotopic (exact) mass is 428 g/mol. The van der Waals surface area contributed by atoms with Gasteiger partial charge in [0.1, 0.15) is 6.10 Å². The van der Waals surface area contributed by atoms with Gasteiger partial charge in [-0.05, 0) is 6.42 Å². The predicted octanol–water partition coefficient (Wildman–Crippen LogP) is 0.752. The minimum atomic E-state index is -2.14. The smallest absolute Gasteiger partial charge is 0.311 e. The zero-order valence-corrected chi connectivity index (χ0v) is 17.2. The number of ether oxygens (including phenoxy) is 2. The van der Waals surface area contributed by atoms with Crippen molar-refractivity contribution in [2.75, 3.05) is 18.9 Å². The fourth-order valence-corrected chi connectivity index (χ4v) is 4.30. The van der Waals surface area contributed by atoms with Crippen molar-refractivity contribution in [2.45, 2.75) is 69.7 Å². The van der Waals surface area contributed by atoms with E-state index in [1.165, 1.54) is 12.6 Å². The van der Waals surface area contributed by atoms with Crippen molar-refractivity contribution in [3.8, 4) is 0 Å². The van der Waals surface area contributed by atoms with Gasteiger partial charge in [-0.15, -0.1) is 0 Å². The molecule has 2 aromatic rings. The van der Waals surface area contributed by atoms with Crippen LogP contribution in [0.4, 0.5) is 5.95 Å². The Kier molecular flexibility index (Phi) is 7.19. The second-order valence-corrected chi connectivity index (χ2v) is 8.16. The fourth-order valence-electron chi connectivity index (χ4n) is 3.48. The number of aliphatic hydroxyl groups excluding tert-OH is 2. The molecule has 10 nitrogen and oxygen atoms in total. The van der Waals surface area contributed by atoms with E-state index in [2.05, 4.69) is 16.9 Å². The van der Waals surface area contributed by atoms with E-state index in [1.54, 1.807) is 0 Å². The molecular formula is C18H28N4O6S. The summed E-state index contributed by atoms with van der Waals surface area (Å²) in [6, 6.07) is 0. The maximum Gasteiger partial charge on any atom is 0.311 e. The van der Waals surface area contributed by atoms with Gasteiger partial charge in [-0.25, -0.2) is 4.98 Å². The molecule has 1 aliphatic rings. The van der Waals surface area contributed by atoms with Crippen molar-refractivity contribution < 1.29 is 24.8 Å². The first-order valence-corrected chi connectivity index (χ1v) is 10.7. The Bertz CT molecular complexity index is 874. The third-order valence-corrected chi connectivity index (χ3v) is 5.97. The molecule has 0 aliphatic carbocycles. The number of aliphatic hydroxyl groups is 3. The highest BCUT2D eigenvalue weighted by atomic mass is 32.1. The van der Waals surface area contributed by atoms with Crippen molar-refractivity contribution in [1.29, 1.82) is 0 Å². The number of nitrogen functional groups attached to an aromatic ring is 1. The number of unbranched alkanes of at least 4 members (excludes halogenated alkanes) is 5. The maximum atomic E-state index is 12.5. The predicted molar refractivity (Wildman–Crippen MR) is 107 cm³/mol. The normalized spacial score (nSPS) is 27.1. The minimum absolute atomic E-state index is 0.0372. The number of aromatic nitrogens is 3. The molecule has 0 spiro atoms. The molecule has 0 amide bonds. The summed E-state index contributed by atoms with van der Waals surface area (Å²) in [4.78, 5) is 19.9. The largest absolute Gasteiger partial charge is 0.393 e. The molecule has 1 saturated heterocycles. The highest BCUT2D eigenvalue weighted by Crippen LogP contribution is 2.39. The molecule has 0 bridgehead atoms. The zero-order valence-electron chi connectivity index (χ0n) is 16.4. The van der Waals surface area contributed by atoms with Crippen LogP contribution in [-0.2, 0) is 9.47 Å². The van der Waals surface area contributed by atoms with Gasteiger partial charge in [0.05, 0.1) is 24.1 Å². The van der Waals surface area contributed by atoms with E-state index in [0.717, 1.165) is 41.6 Å².